The largest absolute Gasteiger partial charge is 0.465 e. The zero-order valence-corrected chi connectivity index (χ0v) is 15.6. The summed E-state index contributed by atoms with van der Waals surface area (Å²) in [7, 11) is 0. The molecule has 128 valence electrons. The standard InChI is InChI=1S/C19H27BrO3/c1-3-23-18(22)19(20,16-12-8-5-9-13-16)17(21)14(2)15-10-6-4-7-11-15/h4,6-7,10-11,14,16-17,21H,3,5,8-9,12-13H2,1-2H3. The fourth-order valence-corrected chi connectivity index (χ4v) is 4.56. The maximum Gasteiger partial charge on any atom is 0.325 e. The van der Waals surface area contributed by atoms with Gasteiger partial charge in [0, 0.05) is 5.92 Å². The van der Waals surface area contributed by atoms with Crippen molar-refractivity contribution in [3.63, 3.8) is 0 Å². The van der Waals surface area contributed by atoms with E-state index >= 15 is 0 Å². The summed E-state index contributed by atoms with van der Waals surface area (Å²) in [6.45, 7) is 4.10. The van der Waals surface area contributed by atoms with Crippen molar-refractivity contribution in [2.24, 2.45) is 5.92 Å². The molecule has 0 heterocycles. The average molecular weight is 383 g/mol. The highest BCUT2D eigenvalue weighted by atomic mass is 79.9. The molecule has 3 nitrogen and oxygen atoms in total. The maximum absolute atomic E-state index is 12.7. The summed E-state index contributed by atoms with van der Waals surface area (Å²) in [6.07, 6.45) is 4.47. The molecule has 1 aliphatic carbocycles. The van der Waals surface area contributed by atoms with Crippen molar-refractivity contribution in [1.82, 2.24) is 0 Å². The van der Waals surface area contributed by atoms with Crippen molar-refractivity contribution in [2.45, 2.75) is 62.3 Å². The van der Waals surface area contributed by atoms with Crippen LogP contribution in [0.3, 0.4) is 0 Å². The van der Waals surface area contributed by atoms with E-state index in [1.54, 1.807) is 6.92 Å². The number of hydrogen-bond acceptors (Lipinski definition) is 3. The minimum absolute atomic E-state index is 0.108. The lowest BCUT2D eigenvalue weighted by molar-refractivity contribution is -0.152. The van der Waals surface area contributed by atoms with Gasteiger partial charge in [0.05, 0.1) is 12.7 Å². The molecule has 3 atom stereocenters. The SMILES string of the molecule is CCOC(=O)C(Br)(C1CCCCC1)C(O)C(C)c1ccccc1. The number of carbonyl (C=O) groups is 1. The lowest BCUT2D eigenvalue weighted by atomic mass is 9.73. The first kappa shape index (κ1) is 18.5. The number of benzene rings is 1. The van der Waals surface area contributed by atoms with Gasteiger partial charge in [0.25, 0.3) is 0 Å². The summed E-state index contributed by atoms with van der Waals surface area (Å²) in [6, 6.07) is 9.86. The second-order valence-electron chi connectivity index (χ2n) is 6.47. The Morgan fingerprint density at radius 3 is 2.48 bits per heavy atom. The zero-order chi connectivity index (χ0) is 16.9. The fourth-order valence-electron chi connectivity index (χ4n) is 3.60. The molecule has 0 radical (unpaired) electrons. The van der Waals surface area contributed by atoms with Crippen LogP contribution in [0.5, 0.6) is 0 Å². The Balaban J connectivity index is 2.29. The zero-order valence-electron chi connectivity index (χ0n) is 14.0. The molecule has 0 saturated heterocycles. The summed E-state index contributed by atoms with van der Waals surface area (Å²) < 4.78 is 4.29. The maximum atomic E-state index is 12.7. The van der Waals surface area contributed by atoms with Crippen LogP contribution in [0.25, 0.3) is 0 Å². The van der Waals surface area contributed by atoms with E-state index in [-0.39, 0.29) is 17.8 Å². The van der Waals surface area contributed by atoms with Crippen molar-refractivity contribution >= 4 is 21.9 Å². The normalized spacial score (nSPS) is 21.2. The van der Waals surface area contributed by atoms with Gasteiger partial charge in [0.1, 0.15) is 0 Å². The molecule has 0 aliphatic heterocycles. The molecule has 1 aliphatic rings. The van der Waals surface area contributed by atoms with Crippen LogP contribution in [-0.4, -0.2) is 28.1 Å². The molecule has 1 N–H and O–H groups in total. The van der Waals surface area contributed by atoms with E-state index in [1.165, 1.54) is 6.42 Å². The number of esters is 1. The van der Waals surface area contributed by atoms with Crippen molar-refractivity contribution in [3.05, 3.63) is 35.9 Å². The van der Waals surface area contributed by atoms with E-state index in [0.717, 1.165) is 31.2 Å². The second-order valence-corrected chi connectivity index (χ2v) is 7.78. The van der Waals surface area contributed by atoms with E-state index < -0.39 is 10.4 Å². The van der Waals surface area contributed by atoms with Gasteiger partial charge in [0.2, 0.25) is 0 Å². The first-order chi connectivity index (χ1) is 11.0. The topological polar surface area (TPSA) is 46.5 Å². The quantitative estimate of drug-likeness (QED) is 0.584. The molecule has 3 unspecified atom stereocenters. The van der Waals surface area contributed by atoms with Gasteiger partial charge in [-0.2, -0.15) is 0 Å². The average Bonchev–Trinajstić information content (AvgIpc) is 2.61. The van der Waals surface area contributed by atoms with Crippen molar-refractivity contribution < 1.29 is 14.6 Å². The summed E-state index contributed by atoms with van der Waals surface area (Å²) in [4.78, 5) is 12.7. The Bertz CT molecular complexity index is 499. The van der Waals surface area contributed by atoms with E-state index in [4.69, 9.17) is 4.74 Å². The fraction of sp³-hybridized carbons (Fsp3) is 0.632. The number of aliphatic hydroxyl groups is 1. The van der Waals surface area contributed by atoms with Crippen LogP contribution in [-0.2, 0) is 9.53 Å². The third-order valence-corrected chi connectivity index (χ3v) is 6.46. The lowest BCUT2D eigenvalue weighted by Crippen LogP contribution is -2.53. The summed E-state index contributed by atoms with van der Waals surface area (Å²) >= 11 is 3.65. The van der Waals surface area contributed by atoms with Crippen molar-refractivity contribution in [3.8, 4) is 0 Å². The van der Waals surface area contributed by atoms with Crippen LogP contribution in [0, 0.1) is 5.92 Å². The van der Waals surface area contributed by atoms with Crippen LogP contribution >= 0.6 is 15.9 Å². The highest BCUT2D eigenvalue weighted by Crippen LogP contribution is 2.45. The number of ether oxygens (including phenoxy) is 1. The smallest absolute Gasteiger partial charge is 0.325 e. The van der Waals surface area contributed by atoms with Crippen LogP contribution < -0.4 is 0 Å². The number of hydrogen-bond donors (Lipinski definition) is 1. The molecule has 1 fully saturated rings. The number of carbonyl (C=O) groups excluding carboxylic acids is 1. The van der Waals surface area contributed by atoms with Crippen molar-refractivity contribution in [2.75, 3.05) is 6.61 Å². The van der Waals surface area contributed by atoms with Gasteiger partial charge < -0.3 is 9.84 Å². The van der Waals surface area contributed by atoms with E-state index in [2.05, 4.69) is 15.9 Å². The minimum Gasteiger partial charge on any atom is -0.465 e. The molecule has 23 heavy (non-hydrogen) atoms. The molecule has 2 rings (SSSR count). The highest BCUT2D eigenvalue weighted by molar-refractivity contribution is 9.10. The monoisotopic (exact) mass is 382 g/mol. The van der Waals surface area contributed by atoms with Gasteiger partial charge in [0.15, 0.2) is 4.32 Å². The van der Waals surface area contributed by atoms with Crippen LogP contribution in [0.4, 0.5) is 0 Å². The molecule has 1 saturated carbocycles. The second kappa shape index (κ2) is 8.29. The molecular weight excluding hydrogens is 356 g/mol. The van der Waals surface area contributed by atoms with Crippen LogP contribution in [0.1, 0.15) is 57.4 Å². The Labute approximate surface area is 147 Å². The molecule has 1 aromatic carbocycles. The number of rotatable bonds is 6. The molecule has 1 aromatic rings. The van der Waals surface area contributed by atoms with Crippen molar-refractivity contribution in [1.29, 1.82) is 0 Å². The third-order valence-electron chi connectivity index (χ3n) is 5.02. The predicted octanol–water partition coefficient (Wildman–Crippen LogP) is 4.43. The van der Waals surface area contributed by atoms with E-state index in [0.29, 0.717) is 6.61 Å². The van der Waals surface area contributed by atoms with Crippen LogP contribution in [0.2, 0.25) is 0 Å². The Morgan fingerprint density at radius 2 is 1.91 bits per heavy atom. The number of halogens is 1. The van der Waals surface area contributed by atoms with Gasteiger partial charge >= 0.3 is 5.97 Å². The summed E-state index contributed by atoms with van der Waals surface area (Å²) in [5, 5.41) is 11.1. The molecule has 0 amide bonds. The Morgan fingerprint density at radius 1 is 1.30 bits per heavy atom. The minimum atomic E-state index is -1.03. The molecule has 4 heteroatoms. The third kappa shape index (κ3) is 3.97. The van der Waals surface area contributed by atoms with E-state index in [9.17, 15) is 9.90 Å². The molecular formula is C19H27BrO3. The lowest BCUT2D eigenvalue weighted by Gasteiger charge is -2.41. The molecule has 0 aromatic heterocycles. The highest BCUT2D eigenvalue weighted by Gasteiger charge is 2.52. The number of alkyl halides is 1. The summed E-state index contributed by atoms with van der Waals surface area (Å²) in [5.41, 5.74) is 1.03. The van der Waals surface area contributed by atoms with Gasteiger partial charge in [-0.25, -0.2) is 0 Å². The van der Waals surface area contributed by atoms with Gasteiger partial charge in [-0.1, -0.05) is 72.4 Å². The van der Waals surface area contributed by atoms with Gasteiger partial charge in [-0.15, -0.1) is 0 Å². The number of aliphatic hydroxyl groups excluding tert-OH is 1. The van der Waals surface area contributed by atoms with Gasteiger partial charge in [-0.3, -0.25) is 4.79 Å². The molecule has 0 spiro atoms. The van der Waals surface area contributed by atoms with E-state index in [1.807, 2.05) is 37.3 Å². The Kier molecular flexibility index (Phi) is 6.66. The Hall–Kier alpha value is -0.870. The molecule has 0 bridgehead atoms. The summed E-state index contributed by atoms with van der Waals surface area (Å²) in [5.74, 6) is -0.374. The first-order valence-electron chi connectivity index (χ1n) is 8.61. The van der Waals surface area contributed by atoms with Gasteiger partial charge in [-0.05, 0) is 31.2 Å². The predicted molar refractivity (Wildman–Crippen MR) is 95.7 cm³/mol. The first-order valence-corrected chi connectivity index (χ1v) is 9.40. The van der Waals surface area contributed by atoms with Crippen LogP contribution in [0.15, 0.2) is 30.3 Å².